The van der Waals surface area contributed by atoms with Crippen molar-refractivity contribution in [3.8, 4) is 11.4 Å². The first kappa shape index (κ1) is 18.5. The molecule has 0 atom stereocenters. The Morgan fingerprint density at radius 3 is 2.56 bits per heavy atom. The number of ether oxygens (including phenoxy) is 1. The quantitative estimate of drug-likeness (QED) is 0.673. The van der Waals surface area contributed by atoms with E-state index >= 15 is 0 Å². The van der Waals surface area contributed by atoms with Gasteiger partial charge in [0.15, 0.2) is 0 Å². The molecule has 0 aliphatic carbocycles. The molecule has 27 heavy (non-hydrogen) atoms. The first-order chi connectivity index (χ1) is 12.8. The van der Waals surface area contributed by atoms with Gasteiger partial charge in [-0.1, -0.05) is 18.2 Å². The maximum Gasteiger partial charge on any atom is 0.337 e. The van der Waals surface area contributed by atoms with Gasteiger partial charge in [-0.05, 0) is 36.8 Å². The summed E-state index contributed by atoms with van der Waals surface area (Å²) in [6, 6.07) is 11.8. The molecular weight excluding hydrogens is 370 g/mol. The monoisotopic (exact) mass is 387 g/mol. The largest absolute Gasteiger partial charge is 0.497 e. The van der Waals surface area contributed by atoms with Crippen molar-refractivity contribution in [1.29, 1.82) is 0 Å². The zero-order chi connectivity index (χ0) is 19.6. The molecule has 3 aromatic rings. The lowest BCUT2D eigenvalue weighted by atomic mass is 10.1. The molecule has 0 saturated heterocycles. The molecule has 1 aromatic heterocycles. The van der Waals surface area contributed by atoms with E-state index < -0.39 is 16.0 Å². The smallest absolute Gasteiger partial charge is 0.337 e. The number of rotatable bonds is 6. The van der Waals surface area contributed by atoms with E-state index in [1.807, 2.05) is 18.2 Å². The molecule has 2 N–H and O–H groups in total. The van der Waals surface area contributed by atoms with Crippen LogP contribution in [0.25, 0.3) is 5.69 Å². The normalized spacial score (nSPS) is 11.2. The summed E-state index contributed by atoms with van der Waals surface area (Å²) >= 11 is 0. The lowest BCUT2D eigenvalue weighted by molar-refractivity contribution is 0.0697. The minimum Gasteiger partial charge on any atom is -0.497 e. The molecule has 0 bridgehead atoms. The van der Waals surface area contributed by atoms with Crippen molar-refractivity contribution in [2.75, 3.05) is 11.8 Å². The average molecular weight is 387 g/mol. The third-order valence-electron chi connectivity index (χ3n) is 3.90. The van der Waals surface area contributed by atoms with Crippen LogP contribution in [0, 0.1) is 6.92 Å². The minimum absolute atomic E-state index is 0.0178. The Bertz CT molecular complexity index is 1090. The van der Waals surface area contributed by atoms with Crippen molar-refractivity contribution >= 4 is 21.7 Å². The number of sulfonamides is 1. The molecule has 0 spiro atoms. The molecular formula is C18H17N3O5S. The van der Waals surface area contributed by atoms with Gasteiger partial charge >= 0.3 is 5.97 Å². The molecule has 1 heterocycles. The number of aryl methyl sites for hydroxylation is 1. The summed E-state index contributed by atoms with van der Waals surface area (Å²) in [7, 11) is -2.63. The summed E-state index contributed by atoms with van der Waals surface area (Å²) in [4.78, 5) is 11.5. The maximum atomic E-state index is 12.7. The third kappa shape index (κ3) is 3.77. The summed E-state index contributed by atoms with van der Waals surface area (Å²) in [6.45, 7) is 1.60. The van der Waals surface area contributed by atoms with Gasteiger partial charge in [0.05, 0.1) is 36.4 Å². The number of para-hydroxylation sites is 1. The molecule has 0 amide bonds. The van der Waals surface area contributed by atoms with E-state index in [0.717, 1.165) is 0 Å². The SMILES string of the molecule is COc1cc(C)c(NS(=O)(=O)c2cnn(-c3ccccc3)c2)c(C(=O)O)c1. The lowest BCUT2D eigenvalue weighted by Gasteiger charge is -2.14. The van der Waals surface area contributed by atoms with E-state index in [9.17, 15) is 18.3 Å². The zero-order valence-corrected chi connectivity index (χ0v) is 15.4. The van der Waals surface area contributed by atoms with Gasteiger partial charge in [-0.25, -0.2) is 17.9 Å². The summed E-state index contributed by atoms with van der Waals surface area (Å²) < 4.78 is 34.3. The molecule has 140 valence electrons. The summed E-state index contributed by atoms with van der Waals surface area (Å²) in [5.41, 5.74) is 0.901. The number of carbonyl (C=O) groups is 1. The molecule has 3 rings (SSSR count). The third-order valence-corrected chi connectivity index (χ3v) is 5.21. The van der Waals surface area contributed by atoms with E-state index in [4.69, 9.17) is 4.74 Å². The molecule has 9 heteroatoms. The number of hydrogen-bond acceptors (Lipinski definition) is 5. The van der Waals surface area contributed by atoms with Gasteiger partial charge in [-0.3, -0.25) is 4.72 Å². The Hall–Kier alpha value is -3.33. The Balaban J connectivity index is 1.98. The van der Waals surface area contributed by atoms with Gasteiger partial charge in [0.25, 0.3) is 10.0 Å². The lowest BCUT2D eigenvalue weighted by Crippen LogP contribution is -2.16. The molecule has 0 saturated carbocycles. The number of nitrogens with one attached hydrogen (secondary N) is 1. The highest BCUT2D eigenvalue weighted by atomic mass is 32.2. The fraction of sp³-hybridized carbons (Fsp3) is 0.111. The highest BCUT2D eigenvalue weighted by molar-refractivity contribution is 7.92. The van der Waals surface area contributed by atoms with Gasteiger partial charge in [-0.15, -0.1) is 0 Å². The standard InChI is InChI=1S/C18H17N3O5S/c1-12-8-14(26-2)9-16(18(22)23)17(12)20-27(24,25)15-10-19-21(11-15)13-6-4-3-5-7-13/h3-11,20H,1-2H3,(H,22,23). The van der Waals surface area contributed by atoms with Crippen molar-refractivity contribution in [3.63, 3.8) is 0 Å². The van der Waals surface area contributed by atoms with Crippen molar-refractivity contribution < 1.29 is 23.1 Å². The Morgan fingerprint density at radius 1 is 1.22 bits per heavy atom. The van der Waals surface area contributed by atoms with Crippen LogP contribution >= 0.6 is 0 Å². The highest BCUT2D eigenvalue weighted by Gasteiger charge is 2.23. The van der Waals surface area contributed by atoms with Crippen LogP contribution in [0.1, 0.15) is 15.9 Å². The van der Waals surface area contributed by atoms with Crippen LogP contribution in [0.15, 0.2) is 59.8 Å². The maximum absolute atomic E-state index is 12.7. The predicted octanol–water partition coefficient (Wildman–Crippen LogP) is 2.69. The van der Waals surface area contributed by atoms with E-state index in [-0.39, 0.29) is 16.1 Å². The Kier molecular flexibility index (Phi) is 4.87. The van der Waals surface area contributed by atoms with Crippen molar-refractivity contribution in [2.45, 2.75) is 11.8 Å². The Labute approximate surface area is 156 Å². The Morgan fingerprint density at radius 2 is 1.93 bits per heavy atom. The van der Waals surface area contributed by atoms with Gasteiger partial charge < -0.3 is 9.84 Å². The second kappa shape index (κ2) is 7.12. The highest BCUT2D eigenvalue weighted by Crippen LogP contribution is 2.29. The van der Waals surface area contributed by atoms with Crippen LogP contribution in [0.5, 0.6) is 5.75 Å². The predicted molar refractivity (Wildman–Crippen MR) is 99.1 cm³/mol. The van der Waals surface area contributed by atoms with Gasteiger partial charge in [0.2, 0.25) is 0 Å². The number of carboxylic acids is 1. The number of hydrogen-bond donors (Lipinski definition) is 2. The second-order valence-electron chi connectivity index (χ2n) is 5.73. The summed E-state index contributed by atoms with van der Waals surface area (Å²) in [5, 5.41) is 13.5. The van der Waals surface area contributed by atoms with E-state index in [2.05, 4.69) is 9.82 Å². The zero-order valence-electron chi connectivity index (χ0n) is 14.6. The average Bonchev–Trinajstić information content (AvgIpc) is 3.15. The first-order valence-corrected chi connectivity index (χ1v) is 9.35. The van der Waals surface area contributed by atoms with Crippen LogP contribution in [0.3, 0.4) is 0 Å². The van der Waals surface area contributed by atoms with E-state index in [0.29, 0.717) is 17.0 Å². The summed E-state index contributed by atoms with van der Waals surface area (Å²) in [6.07, 6.45) is 2.56. The molecule has 0 fully saturated rings. The molecule has 0 aliphatic heterocycles. The molecule has 0 aliphatic rings. The number of aromatic carboxylic acids is 1. The van der Waals surface area contributed by atoms with Gasteiger partial charge in [0.1, 0.15) is 10.6 Å². The summed E-state index contributed by atoms with van der Waals surface area (Å²) in [5.74, 6) is -0.945. The first-order valence-electron chi connectivity index (χ1n) is 7.86. The topological polar surface area (TPSA) is 111 Å². The number of methoxy groups -OCH3 is 1. The molecule has 8 nitrogen and oxygen atoms in total. The van der Waals surface area contributed by atoms with Crippen LogP contribution in [-0.2, 0) is 10.0 Å². The number of carboxylic acid groups (broad SMARTS) is 1. The van der Waals surface area contributed by atoms with Gasteiger partial charge in [0, 0.05) is 0 Å². The van der Waals surface area contributed by atoms with Crippen LogP contribution in [0.2, 0.25) is 0 Å². The van der Waals surface area contributed by atoms with Crippen LogP contribution in [-0.4, -0.2) is 36.4 Å². The van der Waals surface area contributed by atoms with E-state index in [1.165, 1.54) is 30.3 Å². The second-order valence-corrected chi connectivity index (χ2v) is 7.42. The number of anilines is 1. The number of aromatic nitrogens is 2. The minimum atomic E-state index is -4.04. The van der Waals surface area contributed by atoms with Crippen LogP contribution < -0.4 is 9.46 Å². The molecule has 0 radical (unpaired) electrons. The fourth-order valence-corrected chi connectivity index (χ4v) is 3.62. The molecule has 0 unspecified atom stereocenters. The van der Waals surface area contributed by atoms with E-state index in [1.54, 1.807) is 25.1 Å². The number of benzene rings is 2. The van der Waals surface area contributed by atoms with Crippen LogP contribution in [0.4, 0.5) is 5.69 Å². The molecule has 2 aromatic carbocycles. The van der Waals surface area contributed by atoms with Crippen molar-refractivity contribution in [2.24, 2.45) is 0 Å². The fourth-order valence-electron chi connectivity index (χ4n) is 2.54. The number of nitrogens with zero attached hydrogens (tertiary/aromatic N) is 2. The van der Waals surface area contributed by atoms with Crippen molar-refractivity contribution in [3.05, 3.63) is 66.0 Å². The van der Waals surface area contributed by atoms with Crippen molar-refractivity contribution in [1.82, 2.24) is 9.78 Å². The van der Waals surface area contributed by atoms with Gasteiger partial charge in [-0.2, -0.15) is 5.10 Å².